The second kappa shape index (κ2) is 5.75. The van der Waals surface area contributed by atoms with Crippen LogP contribution in [0.4, 0.5) is 22.0 Å². The van der Waals surface area contributed by atoms with Crippen molar-refractivity contribution >= 4 is 28.9 Å². The van der Waals surface area contributed by atoms with Crippen LogP contribution < -0.4 is 0 Å². The van der Waals surface area contributed by atoms with E-state index in [0.717, 1.165) is 0 Å². The number of benzene rings is 1. The summed E-state index contributed by atoms with van der Waals surface area (Å²) in [5.74, 6) is -9.60. The van der Waals surface area contributed by atoms with Crippen molar-refractivity contribution < 1.29 is 22.0 Å². The lowest BCUT2D eigenvalue weighted by Crippen LogP contribution is -2.13. The molecule has 0 heterocycles. The molecule has 0 aliphatic heterocycles. The van der Waals surface area contributed by atoms with Crippen LogP contribution in [0, 0.1) is 29.1 Å². The van der Waals surface area contributed by atoms with E-state index in [4.69, 9.17) is 22.2 Å². The van der Waals surface area contributed by atoms with Crippen LogP contribution >= 0.6 is 22.2 Å². The highest BCUT2D eigenvalue weighted by atomic mass is 35.7. The predicted octanol–water partition coefficient (Wildman–Crippen LogP) is 4.86. The maximum atomic E-state index is 13.2. The van der Waals surface area contributed by atoms with Gasteiger partial charge in [0.15, 0.2) is 23.3 Å². The Balaban J connectivity index is 2.96. The van der Waals surface area contributed by atoms with Crippen LogP contribution in [-0.4, -0.2) is 6.69 Å². The average molecular weight is 323 g/mol. The highest BCUT2D eigenvalue weighted by Crippen LogP contribution is 2.27. The zero-order valence-electron chi connectivity index (χ0n) is 9.27. The third kappa shape index (κ3) is 3.58. The van der Waals surface area contributed by atoms with E-state index in [0.29, 0.717) is 6.04 Å². The maximum Gasteiger partial charge on any atom is 0.248 e. The van der Waals surface area contributed by atoms with Gasteiger partial charge in [-0.05, 0) is 25.4 Å². The lowest BCUT2D eigenvalue weighted by Gasteiger charge is -2.11. The van der Waals surface area contributed by atoms with Crippen molar-refractivity contribution in [3.05, 3.63) is 34.6 Å². The Morgan fingerprint density at radius 3 is 1.61 bits per heavy atom. The quantitative estimate of drug-likeness (QED) is 0.244. The van der Waals surface area contributed by atoms with Crippen LogP contribution in [0.1, 0.15) is 12.0 Å². The Hall–Kier alpha value is -0.333. The fourth-order valence-corrected chi connectivity index (χ4v) is 3.04. The standard InChI is InChI=1S/C10H9Cl2F5Si/c1-18(11,12)4-2-3-5-6(13)8(15)10(17)9(16)7(5)14/h2-4H2,1H3. The molecule has 0 bridgehead atoms. The van der Waals surface area contributed by atoms with Crippen molar-refractivity contribution in [2.45, 2.75) is 25.4 Å². The molecule has 102 valence electrons. The van der Waals surface area contributed by atoms with E-state index in [9.17, 15) is 22.0 Å². The van der Waals surface area contributed by atoms with Gasteiger partial charge in [-0.15, -0.1) is 22.2 Å². The van der Waals surface area contributed by atoms with Crippen molar-refractivity contribution in [3.8, 4) is 0 Å². The first-order valence-corrected chi connectivity index (χ1v) is 9.76. The highest BCUT2D eigenvalue weighted by molar-refractivity contribution is 7.44. The van der Waals surface area contributed by atoms with E-state index < -0.39 is 41.3 Å². The third-order valence-electron chi connectivity index (χ3n) is 2.34. The third-order valence-corrected chi connectivity index (χ3v) is 4.71. The molecule has 0 fully saturated rings. The van der Waals surface area contributed by atoms with Crippen molar-refractivity contribution in [1.82, 2.24) is 0 Å². The molecule has 1 aromatic rings. The first-order valence-electron chi connectivity index (χ1n) is 5.03. The van der Waals surface area contributed by atoms with Crippen molar-refractivity contribution in [2.24, 2.45) is 0 Å². The first kappa shape index (κ1) is 15.7. The van der Waals surface area contributed by atoms with Crippen LogP contribution in [0.2, 0.25) is 12.6 Å². The van der Waals surface area contributed by atoms with Gasteiger partial charge < -0.3 is 0 Å². The number of hydrogen-bond donors (Lipinski definition) is 0. The fraction of sp³-hybridized carbons (Fsp3) is 0.400. The summed E-state index contributed by atoms with van der Waals surface area (Å²) in [7, 11) is 0. The number of rotatable bonds is 4. The average Bonchev–Trinajstić information content (AvgIpc) is 2.27. The summed E-state index contributed by atoms with van der Waals surface area (Å²) < 4.78 is 65.0. The Morgan fingerprint density at radius 2 is 1.22 bits per heavy atom. The molecular formula is C10H9Cl2F5Si. The van der Waals surface area contributed by atoms with Crippen molar-refractivity contribution in [2.75, 3.05) is 0 Å². The molecule has 1 rings (SSSR count). The van der Waals surface area contributed by atoms with Gasteiger partial charge >= 0.3 is 0 Å². The van der Waals surface area contributed by atoms with Gasteiger partial charge in [0, 0.05) is 5.56 Å². The van der Waals surface area contributed by atoms with Gasteiger partial charge in [0.25, 0.3) is 0 Å². The van der Waals surface area contributed by atoms with E-state index in [-0.39, 0.29) is 12.8 Å². The van der Waals surface area contributed by atoms with E-state index >= 15 is 0 Å². The molecule has 0 saturated carbocycles. The SMILES string of the molecule is C[Si](Cl)(Cl)CCCc1c(F)c(F)c(F)c(F)c1F. The molecule has 0 N–H and O–H groups in total. The van der Waals surface area contributed by atoms with Gasteiger partial charge in [-0.3, -0.25) is 0 Å². The summed E-state index contributed by atoms with van der Waals surface area (Å²) in [6.07, 6.45) is -0.137. The molecule has 0 atom stereocenters. The molecule has 0 unspecified atom stereocenters. The maximum absolute atomic E-state index is 13.2. The Labute approximate surface area is 111 Å². The summed E-state index contributed by atoms with van der Waals surface area (Å²) in [6.45, 7) is -0.840. The van der Waals surface area contributed by atoms with Crippen LogP contribution in [0.3, 0.4) is 0 Å². The van der Waals surface area contributed by atoms with Gasteiger partial charge in [-0.25, -0.2) is 22.0 Å². The minimum atomic E-state index is -2.45. The topological polar surface area (TPSA) is 0 Å². The molecule has 0 aliphatic carbocycles. The van der Waals surface area contributed by atoms with Gasteiger partial charge in [0.1, 0.15) is 0 Å². The minimum Gasteiger partial charge on any atom is -0.203 e. The summed E-state index contributed by atoms with van der Waals surface area (Å²) in [6, 6.07) is 0.301. The molecule has 0 aromatic heterocycles. The van der Waals surface area contributed by atoms with Gasteiger partial charge in [0.2, 0.25) is 12.5 Å². The molecular weight excluding hydrogens is 314 g/mol. The van der Waals surface area contributed by atoms with Gasteiger partial charge in [0.05, 0.1) is 0 Å². The predicted molar refractivity (Wildman–Crippen MR) is 62.7 cm³/mol. The second-order valence-corrected chi connectivity index (χ2v) is 12.2. The lowest BCUT2D eigenvalue weighted by atomic mass is 10.1. The summed E-state index contributed by atoms with van der Waals surface area (Å²) in [5.41, 5.74) is -0.821. The Morgan fingerprint density at radius 1 is 0.833 bits per heavy atom. The highest BCUT2D eigenvalue weighted by Gasteiger charge is 2.26. The molecule has 8 heteroatoms. The van der Waals surface area contributed by atoms with E-state index in [1.807, 2.05) is 0 Å². The van der Waals surface area contributed by atoms with Crippen LogP contribution in [0.15, 0.2) is 0 Å². The number of halogens is 7. The summed E-state index contributed by atoms with van der Waals surface area (Å²) in [5, 5.41) is 0. The van der Waals surface area contributed by atoms with Gasteiger partial charge in [-0.2, -0.15) is 0 Å². The second-order valence-electron chi connectivity index (χ2n) is 3.97. The molecule has 0 saturated heterocycles. The van der Waals surface area contributed by atoms with E-state index in [2.05, 4.69) is 0 Å². The zero-order chi connectivity index (χ0) is 14.1. The molecule has 0 amide bonds. The summed E-state index contributed by atoms with van der Waals surface area (Å²) >= 11 is 11.6. The largest absolute Gasteiger partial charge is 0.248 e. The zero-order valence-corrected chi connectivity index (χ0v) is 11.8. The fourth-order valence-electron chi connectivity index (χ4n) is 1.45. The van der Waals surface area contributed by atoms with Crippen LogP contribution in [0.5, 0.6) is 0 Å². The Kier molecular flexibility index (Phi) is 5.03. The molecule has 0 spiro atoms. The Bertz CT molecular complexity index is 430. The minimum absolute atomic E-state index is 0.161. The normalized spacial score (nSPS) is 12.0. The van der Waals surface area contributed by atoms with Crippen LogP contribution in [-0.2, 0) is 6.42 Å². The van der Waals surface area contributed by atoms with E-state index in [1.165, 1.54) is 0 Å². The smallest absolute Gasteiger partial charge is 0.203 e. The molecule has 18 heavy (non-hydrogen) atoms. The molecule has 1 aromatic carbocycles. The monoisotopic (exact) mass is 322 g/mol. The number of hydrogen-bond acceptors (Lipinski definition) is 0. The van der Waals surface area contributed by atoms with Crippen molar-refractivity contribution in [1.29, 1.82) is 0 Å². The molecule has 0 radical (unpaired) electrons. The summed E-state index contributed by atoms with van der Waals surface area (Å²) in [4.78, 5) is 0. The molecule has 0 aliphatic rings. The van der Waals surface area contributed by atoms with Crippen molar-refractivity contribution in [3.63, 3.8) is 0 Å². The lowest BCUT2D eigenvalue weighted by molar-refractivity contribution is 0.369. The molecule has 0 nitrogen and oxygen atoms in total. The van der Waals surface area contributed by atoms with Gasteiger partial charge in [-0.1, -0.05) is 0 Å². The van der Waals surface area contributed by atoms with E-state index in [1.54, 1.807) is 6.55 Å². The first-order chi connectivity index (χ1) is 8.15. The van der Waals surface area contributed by atoms with Crippen LogP contribution in [0.25, 0.3) is 0 Å².